The van der Waals surface area contributed by atoms with E-state index in [2.05, 4.69) is 31.0 Å². The van der Waals surface area contributed by atoms with Crippen molar-refractivity contribution in [3.8, 4) is 0 Å². The number of rotatable bonds is 7. The second-order valence-electron chi connectivity index (χ2n) is 6.07. The summed E-state index contributed by atoms with van der Waals surface area (Å²) in [7, 11) is 0. The maximum absolute atomic E-state index is 5.96. The van der Waals surface area contributed by atoms with E-state index in [1.54, 1.807) is 0 Å². The van der Waals surface area contributed by atoms with Crippen LogP contribution >= 0.6 is 0 Å². The van der Waals surface area contributed by atoms with Gasteiger partial charge in [-0.25, -0.2) is 0 Å². The zero-order valence-corrected chi connectivity index (χ0v) is 13.0. The molecule has 1 heterocycles. The minimum atomic E-state index is 0.520. The van der Waals surface area contributed by atoms with Crippen molar-refractivity contribution in [2.75, 3.05) is 19.7 Å². The number of fused-ring (bicyclic) bond motifs is 1. The van der Waals surface area contributed by atoms with Crippen LogP contribution in [0.3, 0.4) is 0 Å². The van der Waals surface area contributed by atoms with Gasteiger partial charge in [0.1, 0.15) is 0 Å². The quantitative estimate of drug-likeness (QED) is 0.768. The predicted molar refractivity (Wildman–Crippen MR) is 80.5 cm³/mol. The summed E-state index contributed by atoms with van der Waals surface area (Å²) in [6.07, 6.45) is 8.30. The highest BCUT2D eigenvalue weighted by Gasteiger charge is 2.40. The summed E-state index contributed by atoms with van der Waals surface area (Å²) in [6.45, 7) is 10.0. The molecular weight excluding hydrogens is 236 g/mol. The molecule has 1 saturated carbocycles. The minimum absolute atomic E-state index is 0.520. The number of nitrogens with one attached hydrogen (secondary N) is 1. The van der Waals surface area contributed by atoms with E-state index in [4.69, 9.17) is 4.74 Å². The first-order valence-electron chi connectivity index (χ1n) is 8.42. The van der Waals surface area contributed by atoms with E-state index in [1.165, 1.54) is 38.5 Å². The third-order valence-electron chi connectivity index (χ3n) is 4.90. The van der Waals surface area contributed by atoms with Crippen LogP contribution in [0.4, 0.5) is 0 Å². The molecule has 19 heavy (non-hydrogen) atoms. The molecule has 0 radical (unpaired) electrons. The molecule has 112 valence electrons. The van der Waals surface area contributed by atoms with Gasteiger partial charge in [0.15, 0.2) is 0 Å². The van der Waals surface area contributed by atoms with E-state index < -0.39 is 0 Å². The fraction of sp³-hybridized carbons (Fsp3) is 1.00. The molecule has 1 aliphatic heterocycles. The predicted octanol–water partition coefficient (Wildman–Crippen LogP) is 2.80. The summed E-state index contributed by atoms with van der Waals surface area (Å²) in [5.41, 5.74) is 0. The van der Waals surface area contributed by atoms with Crippen LogP contribution in [0, 0.1) is 0 Å². The van der Waals surface area contributed by atoms with Gasteiger partial charge >= 0.3 is 0 Å². The molecule has 0 amide bonds. The fourth-order valence-electron chi connectivity index (χ4n) is 4.12. The van der Waals surface area contributed by atoms with Gasteiger partial charge in [0.05, 0.1) is 12.7 Å². The maximum Gasteiger partial charge on any atom is 0.0731 e. The normalized spacial score (nSPS) is 31.1. The van der Waals surface area contributed by atoms with Crippen molar-refractivity contribution in [2.45, 2.75) is 83.5 Å². The lowest BCUT2D eigenvalue weighted by atomic mass is 9.96. The molecule has 1 N–H and O–H groups in total. The molecule has 0 bridgehead atoms. The van der Waals surface area contributed by atoms with Crippen molar-refractivity contribution >= 4 is 0 Å². The van der Waals surface area contributed by atoms with E-state index in [9.17, 15) is 0 Å². The molecule has 2 rings (SSSR count). The number of hydrogen-bond acceptors (Lipinski definition) is 3. The van der Waals surface area contributed by atoms with Crippen molar-refractivity contribution in [2.24, 2.45) is 0 Å². The molecule has 3 heteroatoms. The van der Waals surface area contributed by atoms with Crippen molar-refractivity contribution in [3.63, 3.8) is 0 Å². The molecule has 4 atom stereocenters. The van der Waals surface area contributed by atoms with Gasteiger partial charge in [-0.15, -0.1) is 0 Å². The van der Waals surface area contributed by atoms with Crippen LogP contribution in [0.25, 0.3) is 0 Å². The molecule has 2 aliphatic rings. The number of likely N-dealkylation sites (N-methyl/N-ethyl adjacent to an activating group) is 1. The third-order valence-corrected chi connectivity index (χ3v) is 4.90. The average molecular weight is 268 g/mol. The van der Waals surface area contributed by atoms with Gasteiger partial charge in [0, 0.05) is 24.7 Å². The molecule has 1 saturated heterocycles. The zero-order chi connectivity index (χ0) is 13.7. The van der Waals surface area contributed by atoms with Crippen molar-refractivity contribution in [3.05, 3.63) is 0 Å². The van der Waals surface area contributed by atoms with E-state index in [0.717, 1.165) is 19.7 Å². The van der Waals surface area contributed by atoms with Gasteiger partial charge in [-0.05, 0) is 38.6 Å². The molecule has 0 aromatic carbocycles. The van der Waals surface area contributed by atoms with Crippen LogP contribution < -0.4 is 5.32 Å². The van der Waals surface area contributed by atoms with Crippen molar-refractivity contribution in [1.29, 1.82) is 0 Å². The average Bonchev–Trinajstić information content (AvgIpc) is 2.89. The smallest absolute Gasteiger partial charge is 0.0731 e. The Hall–Kier alpha value is -0.120. The fourth-order valence-corrected chi connectivity index (χ4v) is 4.12. The van der Waals surface area contributed by atoms with Crippen molar-refractivity contribution in [1.82, 2.24) is 10.2 Å². The summed E-state index contributed by atoms with van der Waals surface area (Å²) >= 11 is 0. The number of hydrogen-bond donors (Lipinski definition) is 1. The van der Waals surface area contributed by atoms with Crippen LogP contribution in [-0.2, 0) is 4.74 Å². The van der Waals surface area contributed by atoms with Crippen LogP contribution in [0.15, 0.2) is 0 Å². The maximum atomic E-state index is 5.96. The third kappa shape index (κ3) is 3.50. The molecule has 2 fully saturated rings. The molecule has 0 aromatic rings. The lowest BCUT2D eigenvalue weighted by Gasteiger charge is -2.45. The first-order valence-corrected chi connectivity index (χ1v) is 8.42. The first-order chi connectivity index (χ1) is 9.31. The molecular formula is C16H32N2O. The topological polar surface area (TPSA) is 24.5 Å². The van der Waals surface area contributed by atoms with Gasteiger partial charge in [0.2, 0.25) is 0 Å². The highest BCUT2D eigenvalue weighted by atomic mass is 16.5. The highest BCUT2D eigenvalue weighted by Crippen LogP contribution is 2.32. The molecule has 4 unspecified atom stereocenters. The summed E-state index contributed by atoms with van der Waals surface area (Å²) in [6, 6.07) is 2.03. The largest absolute Gasteiger partial charge is 0.375 e. The Bertz CT molecular complexity index is 253. The van der Waals surface area contributed by atoms with E-state index in [1.807, 2.05) is 0 Å². The standard InChI is InChI=1S/C16H32N2O/c1-4-8-13(17-6-3)14(5-2)18-11-12-19-16-10-7-9-15(16)18/h13-17H,4-12H2,1-3H3. The van der Waals surface area contributed by atoms with Gasteiger partial charge in [-0.3, -0.25) is 4.90 Å². The van der Waals surface area contributed by atoms with Crippen LogP contribution in [-0.4, -0.2) is 48.8 Å². The van der Waals surface area contributed by atoms with Crippen LogP contribution in [0.1, 0.15) is 59.3 Å². The Morgan fingerprint density at radius 2 is 2.11 bits per heavy atom. The summed E-state index contributed by atoms with van der Waals surface area (Å²) in [5, 5.41) is 3.73. The number of morpholine rings is 1. The number of ether oxygens (including phenoxy) is 1. The van der Waals surface area contributed by atoms with Gasteiger partial charge < -0.3 is 10.1 Å². The Kier molecular flexibility index (Phi) is 6.11. The SMILES string of the molecule is CCCC(NCC)C(CC)N1CCOC2CCCC21. The highest BCUT2D eigenvalue weighted by molar-refractivity contribution is 4.95. The molecule has 0 aromatic heterocycles. The van der Waals surface area contributed by atoms with E-state index in [0.29, 0.717) is 24.2 Å². The minimum Gasteiger partial charge on any atom is -0.375 e. The molecule has 0 spiro atoms. The summed E-state index contributed by atoms with van der Waals surface area (Å²) in [4.78, 5) is 2.78. The van der Waals surface area contributed by atoms with Gasteiger partial charge in [-0.2, -0.15) is 0 Å². The lowest BCUT2D eigenvalue weighted by molar-refractivity contribution is -0.0778. The Morgan fingerprint density at radius 3 is 2.79 bits per heavy atom. The van der Waals surface area contributed by atoms with E-state index in [-0.39, 0.29) is 0 Å². The lowest BCUT2D eigenvalue weighted by Crippen LogP contribution is -2.58. The number of nitrogens with zero attached hydrogens (tertiary/aromatic N) is 1. The van der Waals surface area contributed by atoms with Gasteiger partial charge in [-0.1, -0.05) is 27.2 Å². The first kappa shape index (κ1) is 15.3. The Morgan fingerprint density at radius 1 is 1.26 bits per heavy atom. The van der Waals surface area contributed by atoms with Crippen LogP contribution in [0.2, 0.25) is 0 Å². The van der Waals surface area contributed by atoms with Crippen molar-refractivity contribution < 1.29 is 4.74 Å². The van der Waals surface area contributed by atoms with Gasteiger partial charge in [0.25, 0.3) is 0 Å². The molecule has 3 nitrogen and oxygen atoms in total. The second kappa shape index (κ2) is 7.61. The summed E-state index contributed by atoms with van der Waals surface area (Å²) < 4.78 is 5.96. The molecule has 1 aliphatic carbocycles. The summed E-state index contributed by atoms with van der Waals surface area (Å²) in [5.74, 6) is 0. The Balaban J connectivity index is 2.05. The zero-order valence-electron chi connectivity index (χ0n) is 13.0. The van der Waals surface area contributed by atoms with E-state index >= 15 is 0 Å². The Labute approximate surface area is 119 Å². The second-order valence-corrected chi connectivity index (χ2v) is 6.07. The van der Waals surface area contributed by atoms with Crippen LogP contribution in [0.5, 0.6) is 0 Å². The monoisotopic (exact) mass is 268 g/mol.